The fourth-order valence-electron chi connectivity index (χ4n) is 4.95. The molecule has 0 radical (unpaired) electrons. The van der Waals surface area contributed by atoms with Crippen LogP contribution in [0.1, 0.15) is 38.5 Å². The van der Waals surface area contributed by atoms with Crippen LogP contribution in [0.15, 0.2) is 54.7 Å². The number of rotatable bonds is 12. The molecule has 1 aliphatic rings. The second-order valence-corrected chi connectivity index (χ2v) is 11.7. The predicted octanol–water partition coefficient (Wildman–Crippen LogP) is 4.56. The van der Waals surface area contributed by atoms with Crippen LogP contribution in [0.4, 0.5) is 11.8 Å². The molecular formula is C28H35N7O3S. The van der Waals surface area contributed by atoms with Crippen LogP contribution in [0.5, 0.6) is 5.75 Å². The molecule has 3 N–H and O–H groups in total. The van der Waals surface area contributed by atoms with Gasteiger partial charge in [-0.15, -0.1) is 0 Å². The number of nitrogens with one attached hydrogen (secondary N) is 3. The number of unbranched alkanes of at least 4 members (excludes halogenated alkanes) is 1. The van der Waals surface area contributed by atoms with E-state index in [2.05, 4.69) is 20.3 Å². The van der Waals surface area contributed by atoms with E-state index in [1.54, 1.807) is 13.3 Å². The molecular weight excluding hydrogens is 514 g/mol. The van der Waals surface area contributed by atoms with Gasteiger partial charge in [0.1, 0.15) is 17.3 Å². The zero-order valence-corrected chi connectivity index (χ0v) is 23.2. The molecule has 1 aromatic carbocycles. The van der Waals surface area contributed by atoms with Crippen molar-refractivity contribution in [1.29, 1.82) is 0 Å². The maximum atomic E-state index is 11.3. The Morgan fingerprint density at radius 1 is 1.03 bits per heavy atom. The molecule has 0 atom stereocenters. The highest BCUT2D eigenvalue weighted by Gasteiger charge is 2.21. The minimum atomic E-state index is -3.17. The summed E-state index contributed by atoms with van der Waals surface area (Å²) in [4.78, 5) is 9.41. The molecule has 4 aromatic rings. The molecule has 0 aliphatic heterocycles. The molecule has 0 spiro atoms. The number of nitrogens with zero attached hydrogens (tertiary/aromatic N) is 4. The van der Waals surface area contributed by atoms with Crippen molar-refractivity contribution in [1.82, 2.24) is 24.3 Å². The molecule has 1 fully saturated rings. The zero-order valence-electron chi connectivity index (χ0n) is 22.4. The third-order valence-corrected chi connectivity index (χ3v) is 7.62. The quantitative estimate of drug-likeness (QED) is 0.220. The number of aromatic nitrogens is 4. The summed E-state index contributed by atoms with van der Waals surface area (Å²) in [6, 6.07) is 16.2. The molecule has 206 valence electrons. The first kappa shape index (κ1) is 26.9. The standard InChI is InChI=1S/C28H35N7O3S/c1-38-22-14-12-20(13-15-22)27-26(23-16-19-30-28(33-23)32-21-8-3-4-9-21)24-10-7-11-25(35(24)34-27)29-17-5-6-18-31-39(2,36)37/h7,10-16,19,21,29,31H,3-6,8-9,17-18H2,1-2H3,(H,30,32,33). The van der Waals surface area contributed by atoms with Gasteiger partial charge in [-0.05, 0) is 68.1 Å². The number of benzene rings is 1. The highest BCUT2D eigenvalue weighted by molar-refractivity contribution is 7.88. The van der Waals surface area contributed by atoms with Gasteiger partial charge in [-0.2, -0.15) is 5.10 Å². The topological polar surface area (TPSA) is 123 Å². The summed E-state index contributed by atoms with van der Waals surface area (Å²) in [6.45, 7) is 1.10. The summed E-state index contributed by atoms with van der Waals surface area (Å²) < 4.78 is 32.4. The first-order valence-electron chi connectivity index (χ1n) is 13.4. The fourth-order valence-corrected chi connectivity index (χ4v) is 5.47. The summed E-state index contributed by atoms with van der Waals surface area (Å²) in [7, 11) is -1.52. The highest BCUT2D eigenvalue weighted by Crippen LogP contribution is 2.36. The second kappa shape index (κ2) is 12.0. The molecule has 0 amide bonds. The number of anilines is 2. The average Bonchev–Trinajstić information content (AvgIpc) is 3.58. The Morgan fingerprint density at radius 3 is 2.54 bits per heavy atom. The average molecular weight is 550 g/mol. The van der Waals surface area contributed by atoms with Crippen LogP contribution in [0, 0.1) is 0 Å². The van der Waals surface area contributed by atoms with Gasteiger partial charge in [-0.3, -0.25) is 0 Å². The second-order valence-electron chi connectivity index (χ2n) is 9.85. The van der Waals surface area contributed by atoms with Gasteiger partial charge in [-0.25, -0.2) is 27.6 Å². The number of methoxy groups -OCH3 is 1. The molecule has 1 saturated carbocycles. The van der Waals surface area contributed by atoms with E-state index in [9.17, 15) is 8.42 Å². The maximum Gasteiger partial charge on any atom is 0.223 e. The first-order chi connectivity index (χ1) is 18.9. The number of hydrogen-bond donors (Lipinski definition) is 3. The summed E-state index contributed by atoms with van der Waals surface area (Å²) >= 11 is 0. The zero-order chi connectivity index (χ0) is 27.2. The van der Waals surface area contributed by atoms with Crippen LogP contribution >= 0.6 is 0 Å². The maximum absolute atomic E-state index is 11.3. The molecule has 3 heterocycles. The number of ether oxygens (including phenoxy) is 1. The SMILES string of the molecule is COc1ccc(-c2nn3c(NCCCCNS(C)(=O)=O)cccc3c2-c2ccnc(NC3CCCC3)n2)cc1. The minimum absolute atomic E-state index is 0.411. The highest BCUT2D eigenvalue weighted by atomic mass is 32.2. The van der Waals surface area contributed by atoms with Gasteiger partial charge in [0.25, 0.3) is 0 Å². The number of sulfonamides is 1. The molecule has 1 aliphatic carbocycles. The van der Waals surface area contributed by atoms with Crippen LogP contribution in [-0.2, 0) is 10.0 Å². The summed E-state index contributed by atoms with van der Waals surface area (Å²) in [6.07, 6.45) is 9.26. The van der Waals surface area contributed by atoms with Crippen molar-refractivity contribution in [3.8, 4) is 28.3 Å². The van der Waals surface area contributed by atoms with Crippen LogP contribution in [0.3, 0.4) is 0 Å². The Hall–Kier alpha value is -3.70. The third kappa shape index (κ3) is 6.66. The van der Waals surface area contributed by atoms with E-state index in [4.69, 9.17) is 14.8 Å². The van der Waals surface area contributed by atoms with Gasteiger partial charge >= 0.3 is 0 Å². The Morgan fingerprint density at radius 2 is 1.79 bits per heavy atom. The largest absolute Gasteiger partial charge is 0.497 e. The van der Waals surface area contributed by atoms with Crippen molar-refractivity contribution < 1.29 is 13.2 Å². The van der Waals surface area contributed by atoms with E-state index >= 15 is 0 Å². The number of fused-ring (bicyclic) bond motifs is 1. The van der Waals surface area contributed by atoms with Gasteiger partial charge in [-0.1, -0.05) is 18.9 Å². The van der Waals surface area contributed by atoms with Crippen molar-refractivity contribution in [3.05, 3.63) is 54.7 Å². The van der Waals surface area contributed by atoms with Gasteiger partial charge in [0.05, 0.1) is 30.1 Å². The first-order valence-corrected chi connectivity index (χ1v) is 15.2. The smallest absolute Gasteiger partial charge is 0.223 e. The summed E-state index contributed by atoms with van der Waals surface area (Å²) in [5, 5.41) is 12.0. The third-order valence-electron chi connectivity index (χ3n) is 6.89. The van der Waals surface area contributed by atoms with E-state index in [1.165, 1.54) is 19.1 Å². The van der Waals surface area contributed by atoms with Crippen LogP contribution in [0.2, 0.25) is 0 Å². The molecule has 11 heteroatoms. The van der Waals surface area contributed by atoms with Gasteiger partial charge in [0.2, 0.25) is 16.0 Å². The van der Waals surface area contributed by atoms with Crippen LogP contribution in [0.25, 0.3) is 28.0 Å². The van der Waals surface area contributed by atoms with Crippen molar-refractivity contribution in [2.24, 2.45) is 0 Å². The van der Waals surface area contributed by atoms with E-state index in [1.807, 2.05) is 53.0 Å². The molecule has 5 rings (SSSR count). The van der Waals surface area contributed by atoms with E-state index in [0.717, 1.165) is 65.3 Å². The predicted molar refractivity (Wildman–Crippen MR) is 155 cm³/mol. The molecule has 10 nitrogen and oxygen atoms in total. The Bertz CT molecular complexity index is 1510. The van der Waals surface area contributed by atoms with Crippen molar-refractivity contribution >= 4 is 27.3 Å². The van der Waals surface area contributed by atoms with Crippen LogP contribution < -0.4 is 20.1 Å². The van der Waals surface area contributed by atoms with Gasteiger partial charge < -0.3 is 15.4 Å². The van der Waals surface area contributed by atoms with Gasteiger partial charge in [0.15, 0.2) is 0 Å². The number of pyridine rings is 1. The van der Waals surface area contributed by atoms with Gasteiger partial charge in [0, 0.05) is 30.9 Å². The monoisotopic (exact) mass is 549 g/mol. The molecule has 0 unspecified atom stereocenters. The van der Waals surface area contributed by atoms with Crippen molar-refractivity contribution in [3.63, 3.8) is 0 Å². The summed E-state index contributed by atoms with van der Waals surface area (Å²) in [5.41, 5.74) is 4.43. The Kier molecular flexibility index (Phi) is 8.27. The molecule has 3 aromatic heterocycles. The molecule has 39 heavy (non-hydrogen) atoms. The number of hydrogen-bond acceptors (Lipinski definition) is 8. The minimum Gasteiger partial charge on any atom is -0.497 e. The lowest BCUT2D eigenvalue weighted by Crippen LogP contribution is -2.23. The normalized spacial score (nSPS) is 14.1. The lowest BCUT2D eigenvalue weighted by Gasteiger charge is -2.12. The van der Waals surface area contributed by atoms with E-state index in [0.29, 0.717) is 25.1 Å². The van der Waals surface area contributed by atoms with E-state index < -0.39 is 10.0 Å². The lowest BCUT2D eigenvalue weighted by molar-refractivity contribution is 0.415. The Labute approximate surface area is 229 Å². The molecule has 0 bridgehead atoms. The summed E-state index contributed by atoms with van der Waals surface area (Å²) in [5.74, 6) is 2.27. The van der Waals surface area contributed by atoms with Crippen molar-refractivity contribution in [2.75, 3.05) is 37.1 Å². The Balaban J connectivity index is 1.47. The van der Waals surface area contributed by atoms with Crippen LogP contribution in [-0.4, -0.2) is 60.5 Å². The molecule has 0 saturated heterocycles. The van der Waals surface area contributed by atoms with Crippen molar-refractivity contribution in [2.45, 2.75) is 44.6 Å². The van der Waals surface area contributed by atoms with E-state index in [-0.39, 0.29) is 0 Å². The lowest BCUT2D eigenvalue weighted by atomic mass is 10.0. The fraction of sp³-hybridized carbons (Fsp3) is 0.393.